The molecule has 2 N–H and O–H groups in total. The molecule has 0 saturated heterocycles. The lowest BCUT2D eigenvalue weighted by Crippen LogP contribution is -1.92. The van der Waals surface area contributed by atoms with Gasteiger partial charge in [0, 0.05) is 23.5 Å². The molecule has 0 spiro atoms. The molecule has 0 aromatic heterocycles. The van der Waals surface area contributed by atoms with Crippen LogP contribution in [0.4, 0.5) is 20.2 Å². The van der Waals surface area contributed by atoms with Crippen LogP contribution in [0, 0.1) is 11.6 Å². The lowest BCUT2D eigenvalue weighted by Gasteiger charge is -2.06. The number of hydrogen-bond donors (Lipinski definition) is 2. The summed E-state index contributed by atoms with van der Waals surface area (Å²) in [4.78, 5) is 0. The van der Waals surface area contributed by atoms with Gasteiger partial charge in [-0.2, -0.15) is 0 Å². The van der Waals surface area contributed by atoms with Crippen LogP contribution >= 0.6 is 0 Å². The Balaban J connectivity index is 2.24. The second kappa shape index (κ2) is 4.18. The van der Waals surface area contributed by atoms with E-state index in [0.29, 0.717) is 11.4 Å². The number of phenolic OH excluding ortho intramolecular Hbond substituents is 1. The minimum atomic E-state index is -0.912. The number of aromatic hydroxyl groups is 1. The van der Waals surface area contributed by atoms with Crippen molar-refractivity contribution in [1.82, 2.24) is 0 Å². The Labute approximate surface area is 91.2 Å². The second-order valence-corrected chi connectivity index (χ2v) is 3.30. The molecule has 0 heterocycles. The lowest BCUT2D eigenvalue weighted by molar-refractivity contribution is 0.475. The summed E-state index contributed by atoms with van der Waals surface area (Å²) < 4.78 is 25.6. The molecule has 82 valence electrons. The average molecular weight is 221 g/mol. The molecule has 4 heteroatoms. The number of hydrogen-bond acceptors (Lipinski definition) is 2. The molecular weight excluding hydrogens is 212 g/mol. The van der Waals surface area contributed by atoms with Gasteiger partial charge in [0.25, 0.3) is 0 Å². The third-order valence-electron chi connectivity index (χ3n) is 2.05. The number of anilines is 2. The highest BCUT2D eigenvalue weighted by Gasteiger charge is 2.02. The number of phenols is 1. The number of nitrogens with one attached hydrogen (secondary N) is 1. The van der Waals surface area contributed by atoms with E-state index in [1.807, 2.05) is 0 Å². The van der Waals surface area contributed by atoms with Crippen molar-refractivity contribution in [1.29, 1.82) is 0 Å². The van der Waals surface area contributed by atoms with Gasteiger partial charge in [0.05, 0.1) is 0 Å². The monoisotopic (exact) mass is 221 g/mol. The molecule has 0 saturated carbocycles. The van der Waals surface area contributed by atoms with Crippen LogP contribution < -0.4 is 5.32 Å². The molecule has 2 aromatic rings. The first-order chi connectivity index (χ1) is 7.65. The molecule has 0 bridgehead atoms. The van der Waals surface area contributed by atoms with Gasteiger partial charge >= 0.3 is 0 Å². The normalized spacial score (nSPS) is 10.1. The van der Waals surface area contributed by atoms with Gasteiger partial charge < -0.3 is 10.4 Å². The summed E-state index contributed by atoms with van der Waals surface area (Å²) in [6.07, 6.45) is 0. The van der Waals surface area contributed by atoms with E-state index in [1.54, 1.807) is 12.1 Å². The van der Waals surface area contributed by atoms with Crippen LogP contribution in [-0.4, -0.2) is 5.11 Å². The van der Waals surface area contributed by atoms with Crippen LogP contribution in [0.25, 0.3) is 0 Å². The van der Waals surface area contributed by atoms with Gasteiger partial charge in [0.15, 0.2) is 11.6 Å². The van der Waals surface area contributed by atoms with Crippen molar-refractivity contribution in [3.63, 3.8) is 0 Å². The van der Waals surface area contributed by atoms with Gasteiger partial charge in [-0.3, -0.25) is 0 Å². The Hall–Kier alpha value is -2.10. The molecule has 0 unspecified atom stereocenters. The van der Waals surface area contributed by atoms with Crippen molar-refractivity contribution in [3.8, 4) is 5.75 Å². The lowest BCUT2D eigenvalue weighted by atomic mass is 10.2. The number of rotatable bonds is 2. The van der Waals surface area contributed by atoms with Gasteiger partial charge in [0.1, 0.15) is 5.75 Å². The Bertz CT molecular complexity index is 514. The Morgan fingerprint density at radius 2 is 1.62 bits per heavy atom. The Kier molecular flexibility index (Phi) is 2.72. The molecule has 0 aliphatic carbocycles. The largest absolute Gasteiger partial charge is 0.508 e. The molecule has 2 rings (SSSR count). The van der Waals surface area contributed by atoms with Crippen molar-refractivity contribution < 1.29 is 13.9 Å². The van der Waals surface area contributed by atoms with E-state index in [-0.39, 0.29) is 5.75 Å². The average Bonchev–Trinajstić information content (AvgIpc) is 2.24. The zero-order valence-electron chi connectivity index (χ0n) is 8.24. The molecule has 16 heavy (non-hydrogen) atoms. The van der Waals surface area contributed by atoms with Gasteiger partial charge in [-0.05, 0) is 24.3 Å². The summed E-state index contributed by atoms with van der Waals surface area (Å²) in [5.41, 5.74) is 1.02. The van der Waals surface area contributed by atoms with Crippen LogP contribution in [0.15, 0.2) is 42.5 Å². The Morgan fingerprint density at radius 3 is 2.31 bits per heavy atom. The maximum Gasteiger partial charge on any atom is 0.160 e. The second-order valence-electron chi connectivity index (χ2n) is 3.30. The summed E-state index contributed by atoms with van der Waals surface area (Å²) in [5.74, 6) is -1.70. The third kappa shape index (κ3) is 2.28. The van der Waals surface area contributed by atoms with Crippen LogP contribution in [0.1, 0.15) is 0 Å². The maximum absolute atomic E-state index is 12.9. The van der Waals surface area contributed by atoms with Crippen LogP contribution in [0.5, 0.6) is 5.75 Å². The van der Waals surface area contributed by atoms with E-state index < -0.39 is 11.6 Å². The smallest absolute Gasteiger partial charge is 0.160 e. The number of halogens is 2. The van der Waals surface area contributed by atoms with Crippen LogP contribution in [0.2, 0.25) is 0 Å². The zero-order valence-corrected chi connectivity index (χ0v) is 8.24. The van der Waals surface area contributed by atoms with E-state index in [4.69, 9.17) is 0 Å². The van der Waals surface area contributed by atoms with E-state index in [1.165, 1.54) is 18.2 Å². The van der Waals surface area contributed by atoms with Crippen LogP contribution in [0.3, 0.4) is 0 Å². The van der Waals surface area contributed by atoms with Crippen molar-refractivity contribution >= 4 is 11.4 Å². The molecule has 0 amide bonds. The molecule has 0 radical (unpaired) electrons. The third-order valence-corrected chi connectivity index (χ3v) is 2.05. The first kappa shape index (κ1) is 10.4. The molecular formula is C12H9F2NO. The summed E-state index contributed by atoms with van der Waals surface area (Å²) in [5, 5.41) is 12.1. The SMILES string of the molecule is Oc1cccc(Nc2ccc(F)c(F)c2)c1. The molecule has 2 aromatic carbocycles. The van der Waals surface area contributed by atoms with E-state index in [0.717, 1.165) is 12.1 Å². The summed E-state index contributed by atoms with van der Waals surface area (Å²) in [6, 6.07) is 9.89. The molecule has 2 nitrogen and oxygen atoms in total. The van der Waals surface area contributed by atoms with Crippen molar-refractivity contribution in [2.45, 2.75) is 0 Å². The molecule has 0 aliphatic rings. The van der Waals surface area contributed by atoms with E-state index >= 15 is 0 Å². The van der Waals surface area contributed by atoms with Gasteiger partial charge in [-0.15, -0.1) is 0 Å². The fraction of sp³-hybridized carbons (Fsp3) is 0. The highest BCUT2D eigenvalue weighted by Crippen LogP contribution is 2.21. The summed E-state index contributed by atoms with van der Waals surface area (Å²) in [7, 11) is 0. The summed E-state index contributed by atoms with van der Waals surface area (Å²) >= 11 is 0. The predicted octanol–water partition coefficient (Wildman–Crippen LogP) is 3.41. The van der Waals surface area contributed by atoms with Crippen molar-refractivity contribution in [2.24, 2.45) is 0 Å². The first-order valence-electron chi connectivity index (χ1n) is 4.66. The Morgan fingerprint density at radius 1 is 0.875 bits per heavy atom. The quantitative estimate of drug-likeness (QED) is 0.814. The minimum absolute atomic E-state index is 0.104. The van der Waals surface area contributed by atoms with Crippen molar-refractivity contribution in [2.75, 3.05) is 5.32 Å². The van der Waals surface area contributed by atoms with Gasteiger partial charge in [-0.1, -0.05) is 6.07 Å². The molecule has 0 aliphatic heterocycles. The van der Waals surface area contributed by atoms with Gasteiger partial charge in [0.2, 0.25) is 0 Å². The predicted molar refractivity (Wildman–Crippen MR) is 57.7 cm³/mol. The topological polar surface area (TPSA) is 32.3 Å². The zero-order chi connectivity index (χ0) is 11.5. The molecule has 0 fully saturated rings. The number of benzene rings is 2. The van der Waals surface area contributed by atoms with Crippen molar-refractivity contribution in [3.05, 3.63) is 54.1 Å². The fourth-order valence-electron chi connectivity index (χ4n) is 1.32. The van der Waals surface area contributed by atoms with E-state index in [9.17, 15) is 13.9 Å². The highest BCUT2D eigenvalue weighted by molar-refractivity contribution is 5.60. The highest BCUT2D eigenvalue weighted by atomic mass is 19.2. The summed E-state index contributed by atoms with van der Waals surface area (Å²) in [6.45, 7) is 0. The first-order valence-corrected chi connectivity index (χ1v) is 4.66. The molecule has 0 atom stereocenters. The van der Waals surface area contributed by atoms with E-state index in [2.05, 4.69) is 5.32 Å². The standard InChI is InChI=1S/C12H9F2NO/c13-11-5-4-9(7-12(11)14)15-8-2-1-3-10(16)6-8/h1-7,15-16H. The maximum atomic E-state index is 12.9. The minimum Gasteiger partial charge on any atom is -0.508 e. The van der Waals surface area contributed by atoms with Crippen LogP contribution in [-0.2, 0) is 0 Å². The fourth-order valence-corrected chi connectivity index (χ4v) is 1.32. The van der Waals surface area contributed by atoms with Gasteiger partial charge in [-0.25, -0.2) is 8.78 Å².